The molecule has 0 radical (unpaired) electrons. The molecule has 2 rings (SSSR count). The number of hydrogen-bond donors (Lipinski definition) is 2. The van der Waals surface area contributed by atoms with Crippen LogP contribution in [0.3, 0.4) is 0 Å². The van der Waals surface area contributed by atoms with E-state index in [-0.39, 0.29) is 42.9 Å². The number of aliphatic imine (C=N–C) groups is 1. The Morgan fingerprint density at radius 1 is 1.32 bits per heavy atom. The van der Waals surface area contributed by atoms with Crippen LogP contribution in [0.1, 0.15) is 37.5 Å². The van der Waals surface area contributed by atoms with Crippen LogP contribution in [0.2, 0.25) is 0 Å². The highest BCUT2D eigenvalue weighted by Gasteiger charge is 2.41. The first kappa shape index (κ1) is 22.5. The van der Waals surface area contributed by atoms with Gasteiger partial charge in [-0.2, -0.15) is 13.2 Å². The van der Waals surface area contributed by atoms with Gasteiger partial charge in [0, 0.05) is 24.5 Å². The lowest BCUT2D eigenvalue weighted by atomic mass is 9.85. The largest absolute Gasteiger partial charge is 0.391 e. The van der Waals surface area contributed by atoms with Gasteiger partial charge in [-0.05, 0) is 49.5 Å². The molecule has 1 atom stereocenters. The van der Waals surface area contributed by atoms with Crippen molar-refractivity contribution in [1.29, 1.82) is 0 Å². The first-order valence-electron chi connectivity index (χ1n) is 8.44. The molecule has 1 aromatic heterocycles. The molecule has 1 aromatic rings. The summed E-state index contributed by atoms with van der Waals surface area (Å²) in [5.74, 6) is 0.00277. The maximum Gasteiger partial charge on any atom is 0.391 e. The summed E-state index contributed by atoms with van der Waals surface area (Å²) in [4.78, 5) is 5.55. The second-order valence-corrected chi connectivity index (χ2v) is 7.61. The summed E-state index contributed by atoms with van der Waals surface area (Å²) >= 11 is 1.76. The monoisotopic (exact) mass is 489 g/mol. The molecule has 0 spiro atoms. The van der Waals surface area contributed by atoms with Gasteiger partial charge in [0.05, 0.1) is 5.92 Å². The summed E-state index contributed by atoms with van der Waals surface area (Å²) in [5.41, 5.74) is 0. The van der Waals surface area contributed by atoms with Crippen molar-refractivity contribution in [3.8, 4) is 0 Å². The quantitative estimate of drug-likeness (QED) is 0.353. The van der Waals surface area contributed by atoms with Gasteiger partial charge in [-0.15, -0.1) is 35.3 Å². The van der Waals surface area contributed by atoms with Crippen molar-refractivity contribution in [2.75, 3.05) is 13.6 Å². The van der Waals surface area contributed by atoms with Crippen LogP contribution in [0.5, 0.6) is 0 Å². The zero-order valence-corrected chi connectivity index (χ0v) is 17.8. The van der Waals surface area contributed by atoms with Gasteiger partial charge in [0.25, 0.3) is 0 Å². The van der Waals surface area contributed by atoms with E-state index < -0.39 is 12.1 Å². The van der Waals surface area contributed by atoms with Gasteiger partial charge in [0.1, 0.15) is 0 Å². The smallest absolute Gasteiger partial charge is 0.356 e. The Kier molecular flexibility index (Phi) is 9.55. The van der Waals surface area contributed by atoms with Gasteiger partial charge in [0.2, 0.25) is 0 Å². The van der Waals surface area contributed by atoms with Gasteiger partial charge < -0.3 is 10.6 Å². The van der Waals surface area contributed by atoms with E-state index in [0.717, 1.165) is 13.0 Å². The SMILES string of the molecule is CN=C(NCC(C)Cc1cccs1)NC1CCC(C(F)(F)F)CC1.I. The fourth-order valence-electron chi connectivity index (χ4n) is 3.07. The molecule has 1 aliphatic carbocycles. The predicted octanol–water partition coefficient (Wildman–Crippen LogP) is 4.83. The highest BCUT2D eigenvalue weighted by Crippen LogP contribution is 2.37. The Labute approximate surface area is 168 Å². The summed E-state index contributed by atoms with van der Waals surface area (Å²) in [5, 5.41) is 8.63. The van der Waals surface area contributed by atoms with Crippen LogP contribution in [0.4, 0.5) is 13.2 Å². The van der Waals surface area contributed by atoms with Gasteiger partial charge in [-0.1, -0.05) is 13.0 Å². The standard InChI is InChI=1S/C17H26F3N3S.HI/c1-12(10-15-4-3-9-24-15)11-22-16(21-2)23-14-7-5-13(6-8-14)17(18,19)20;/h3-4,9,12-14H,5-8,10-11H2,1-2H3,(H2,21,22,23);1H. The minimum absolute atomic E-state index is 0. The molecule has 3 nitrogen and oxygen atoms in total. The normalized spacial score (nSPS) is 22.8. The summed E-state index contributed by atoms with van der Waals surface area (Å²) in [7, 11) is 1.70. The number of nitrogens with one attached hydrogen (secondary N) is 2. The van der Waals surface area contributed by atoms with Crippen molar-refractivity contribution in [2.45, 2.75) is 51.2 Å². The van der Waals surface area contributed by atoms with Crippen LogP contribution in [0.15, 0.2) is 22.5 Å². The van der Waals surface area contributed by atoms with Crippen molar-refractivity contribution in [1.82, 2.24) is 10.6 Å². The summed E-state index contributed by atoms with van der Waals surface area (Å²) in [6.07, 6.45) is -1.56. The first-order valence-corrected chi connectivity index (χ1v) is 9.32. The number of halogens is 4. The van der Waals surface area contributed by atoms with Crippen molar-refractivity contribution >= 4 is 41.3 Å². The molecule has 0 amide bonds. The molecule has 0 bridgehead atoms. The lowest BCUT2D eigenvalue weighted by Gasteiger charge is -2.31. The first-order chi connectivity index (χ1) is 11.4. The zero-order chi connectivity index (χ0) is 17.6. The van der Waals surface area contributed by atoms with Gasteiger partial charge in [-0.25, -0.2) is 0 Å². The number of alkyl halides is 3. The summed E-state index contributed by atoms with van der Waals surface area (Å²) < 4.78 is 38.1. The van der Waals surface area contributed by atoms with Crippen LogP contribution in [0.25, 0.3) is 0 Å². The van der Waals surface area contributed by atoms with Gasteiger partial charge in [-0.3, -0.25) is 4.99 Å². The molecular formula is C17H27F3IN3S. The lowest BCUT2D eigenvalue weighted by molar-refractivity contribution is -0.182. The average Bonchev–Trinajstić information content (AvgIpc) is 3.04. The maximum atomic E-state index is 12.7. The molecule has 1 heterocycles. The predicted molar refractivity (Wildman–Crippen MR) is 109 cm³/mol. The molecule has 25 heavy (non-hydrogen) atoms. The minimum Gasteiger partial charge on any atom is -0.356 e. The van der Waals surface area contributed by atoms with Crippen LogP contribution >= 0.6 is 35.3 Å². The topological polar surface area (TPSA) is 36.4 Å². The Morgan fingerprint density at radius 2 is 2.00 bits per heavy atom. The third-order valence-corrected chi connectivity index (χ3v) is 5.40. The summed E-state index contributed by atoms with van der Waals surface area (Å²) in [6, 6.07) is 4.26. The molecule has 144 valence electrons. The molecule has 0 saturated heterocycles. The molecule has 0 aliphatic heterocycles. The molecule has 1 saturated carbocycles. The van der Waals surface area contributed by atoms with E-state index >= 15 is 0 Å². The molecule has 8 heteroatoms. The van der Waals surface area contributed by atoms with Gasteiger partial charge >= 0.3 is 6.18 Å². The Balaban J connectivity index is 0.00000312. The van der Waals surface area contributed by atoms with Crippen LogP contribution in [-0.2, 0) is 6.42 Å². The van der Waals surface area contributed by atoms with Crippen LogP contribution < -0.4 is 10.6 Å². The number of guanidine groups is 1. The number of rotatable bonds is 5. The molecular weight excluding hydrogens is 462 g/mol. The van der Waals surface area contributed by atoms with E-state index in [1.165, 1.54) is 4.88 Å². The molecule has 1 fully saturated rings. The third-order valence-electron chi connectivity index (χ3n) is 4.50. The number of nitrogens with zero attached hydrogens (tertiary/aromatic N) is 1. The Bertz CT molecular complexity index is 512. The van der Waals surface area contributed by atoms with E-state index in [9.17, 15) is 13.2 Å². The molecule has 0 aromatic carbocycles. The second-order valence-electron chi connectivity index (χ2n) is 6.58. The highest BCUT2D eigenvalue weighted by molar-refractivity contribution is 14.0. The minimum atomic E-state index is -4.05. The van der Waals surface area contributed by atoms with Crippen molar-refractivity contribution < 1.29 is 13.2 Å². The second kappa shape index (κ2) is 10.6. The average molecular weight is 489 g/mol. The zero-order valence-electron chi connectivity index (χ0n) is 14.6. The third kappa shape index (κ3) is 7.72. The van der Waals surface area contributed by atoms with Crippen molar-refractivity contribution in [2.24, 2.45) is 16.8 Å². The van der Waals surface area contributed by atoms with E-state index in [1.807, 2.05) is 0 Å². The van der Waals surface area contributed by atoms with Gasteiger partial charge in [0.15, 0.2) is 5.96 Å². The van der Waals surface area contributed by atoms with E-state index in [0.29, 0.717) is 24.7 Å². The lowest BCUT2D eigenvalue weighted by Crippen LogP contribution is -2.46. The fourth-order valence-corrected chi connectivity index (χ4v) is 3.94. The molecule has 1 unspecified atom stereocenters. The van der Waals surface area contributed by atoms with Crippen molar-refractivity contribution in [3.63, 3.8) is 0 Å². The number of thiophene rings is 1. The van der Waals surface area contributed by atoms with Crippen molar-refractivity contribution in [3.05, 3.63) is 22.4 Å². The highest BCUT2D eigenvalue weighted by atomic mass is 127. The Morgan fingerprint density at radius 3 is 2.52 bits per heavy atom. The number of hydrogen-bond acceptors (Lipinski definition) is 2. The molecule has 2 N–H and O–H groups in total. The maximum absolute atomic E-state index is 12.7. The molecule has 1 aliphatic rings. The van der Waals surface area contributed by atoms with E-state index in [1.54, 1.807) is 18.4 Å². The fraction of sp³-hybridized carbons (Fsp3) is 0.706. The van der Waals surface area contributed by atoms with Crippen LogP contribution in [0, 0.1) is 11.8 Å². The summed E-state index contributed by atoms with van der Waals surface area (Å²) in [6.45, 7) is 2.96. The van der Waals surface area contributed by atoms with E-state index in [4.69, 9.17) is 0 Å². The van der Waals surface area contributed by atoms with Crippen LogP contribution in [-0.4, -0.2) is 31.8 Å². The van der Waals surface area contributed by atoms with E-state index in [2.05, 4.69) is 40.1 Å². The Hall–Kier alpha value is -0.510.